The van der Waals surface area contributed by atoms with Gasteiger partial charge in [-0.05, 0) is 46.1 Å². The summed E-state index contributed by atoms with van der Waals surface area (Å²) in [6, 6.07) is 0.646. The van der Waals surface area contributed by atoms with Crippen molar-refractivity contribution in [3.05, 3.63) is 0 Å². The van der Waals surface area contributed by atoms with Crippen LogP contribution in [0.15, 0.2) is 0 Å². The smallest absolute Gasteiger partial charge is 0.234 e. The van der Waals surface area contributed by atoms with Crippen LogP contribution in [0.4, 0.5) is 0 Å². The van der Waals surface area contributed by atoms with Gasteiger partial charge < -0.3 is 20.3 Å². The van der Waals surface area contributed by atoms with Gasteiger partial charge in [-0.15, -0.1) is 0 Å². The minimum atomic E-state index is 0.137. The first kappa shape index (κ1) is 24.3. The molecular weight excluding hydrogens is 340 g/mol. The van der Waals surface area contributed by atoms with Crippen molar-refractivity contribution in [1.82, 2.24) is 20.4 Å². The number of carbonyl (C=O) groups excluding carboxylic acids is 1. The Hall–Kier alpha value is -0.690. The van der Waals surface area contributed by atoms with E-state index in [0.717, 1.165) is 65.0 Å². The average Bonchev–Trinajstić information content (AvgIpc) is 2.69. The van der Waals surface area contributed by atoms with Crippen LogP contribution in [-0.2, 0) is 9.53 Å². The largest absolute Gasteiger partial charge is 0.375 e. The van der Waals surface area contributed by atoms with E-state index in [2.05, 4.69) is 41.2 Å². The lowest BCUT2D eigenvalue weighted by atomic mass is 10.0. The number of carbonyl (C=O) groups is 1. The van der Waals surface area contributed by atoms with Gasteiger partial charge in [0.25, 0.3) is 0 Å². The van der Waals surface area contributed by atoms with Crippen LogP contribution in [0.3, 0.4) is 0 Å². The maximum Gasteiger partial charge on any atom is 0.234 e. The summed E-state index contributed by atoms with van der Waals surface area (Å²) >= 11 is 0. The topological polar surface area (TPSA) is 56.8 Å². The second-order valence-electron chi connectivity index (χ2n) is 7.64. The molecule has 2 N–H and O–H groups in total. The van der Waals surface area contributed by atoms with E-state index in [0.29, 0.717) is 31.3 Å². The van der Waals surface area contributed by atoms with Gasteiger partial charge >= 0.3 is 0 Å². The Labute approximate surface area is 167 Å². The van der Waals surface area contributed by atoms with Crippen molar-refractivity contribution in [3.63, 3.8) is 0 Å². The first-order valence-corrected chi connectivity index (χ1v) is 11.2. The normalized spacial score (nSPS) is 20.4. The molecule has 0 spiro atoms. The molecule has 0 aromatic carbocycles. The molecule has 2 saturated heterocycles. The van der Waals surface area contributed by atoms with Crippen LogP contribution < -0.4 is 10.6 Å². The molecule has 160 valence electrons. The first-order chi connectivity index (χ1) is 13.1. The van der Waals surface area contributed by atoms with E-state index in [-0.39, 0.29) is 5.91 Å². The van der Waals surface area contributed by atoms with Gasteiger partial charge in [0.05, 0.1) is 18.8 Å². The molecule has 0 aromatic rings. The molecule has 2 heterocycles. The third-order valence-electron chi connectivity index (χ3n) is 5.37. The van der Waals surface area contributed by atoms with Gasteiger partial charge in [0.15, 0.2) is 0 Å². The van der Waals surface area contributed by atoms with E-state index in [1.165, 1.54) is 0 Å². The number of amides is 1. The molecule has 0 aliphatic carbocycles. The Morgan fingerprint density at radius 1 is 1.00 bits per heavy atom. The lowest BCUT2D eigenvalue weighted by molar-refractivity contribution is -0.123. The molecule has 6 heteroatoms. The third kappa shape index (κ3) is 9.88. The fourth-order valence-corrected chi connectivity index (χ4v) is 3.73. The summed E-state index contributed by atoms with van der Waals surface area (Å²) in [6.45, 7) is 17.9. The lowest BCUT2D eigenvalue weighted by Gasteiger charge is -2.38. The molecule has 0 saturated carbocycles. The summed E-state index contributed by atoms with van der Waals surface area (Å²) in [5.41, 5.74) is 0. The molecular formula is C21H44N4O2. The van der Waals surface area contributed by atoms with Gasteiger partial charge in [-0.3, -0.25) is 9.69 Å². The molecule has 2 fully saturated rings. The number of ether oxygens (including phenoxy) is 1. The number of piperidine rings is 2. The van der Waals surface area contributed by atoms with Gasteiger partial charge in [0.2, 0.25) is 5.91 Å². The predicted molar refractivity (Wildman–Crippen MR) is 113 cm³/mol. The zero-order valence-electron chi connectivity index (χ0n) is 18.4. The van der Waals surface area contributed by atoms with E-state index in [1.807, 2.05) is 13.8 Å². The van der Waals surface area contributed by atoms with Crippen molar-refractivity contribution in [3.8, 4) is 0 Å². The number of rotatable bonds is 9. The highest BCUT2D eigenvalue weighted by atomic mass is 16.5. The van der Waals surface area contributed by atoms with E-state index in [1.54, 1.807) is 0 Å². The SMILES string of the molecule is CC.CCNCCNC(=O)CN1CCC(OC2CCN(C(C)C)CC2)CC1. The molecule has 27 heavy (non-hydrogen) atoms. The average molecular weight is 385 g/mol. The molecule has 0 unspecified atom stereocenters. The van der Waals surface area contributed by atoms with Crippen molar-refractivity contribution in [1.29, 1.82) is 0 Å². The summed E-state index contributed by atoms with van der Waals surface area (Å²) in [6.07, 6.45) is 5.23. The fraction of sp³-hybridized carbons (Fsp3) is 0.952. The van der Waals surface area contributed by atoms with E-state index in [9.17, 15) is 4.79 Å². The Morgan fingerprint density at radius 2 is 1.56 bits per heavy atom. The third-order valence-corrected chi connectivity index (χ3v) is 5.37. The van der Waals surface area contributed by atoms with E-state index < -0.39 is 0 Å². The quantitative estimate of drug-likeness (QED) is 0.596. The number of nitrogens with one attached hydrogen (secondary N) is 2. The van der Waals surface area contributed by atoms with Crippen molar-refractivity contribution < 1.29 is 9.53 Å². The first-order valence-electron chi connectivity index (χ1n) is 11.2. The van der Waals surface area contributed by atoms with Crippen molar-refractivity contribution >= 4 is 5.91 Å². The van der Waals surface area contributed by atoms with E-state index >= 15 is 0 Å². The molecule has 0 atom stereocenters. The minimum absolute atomic E-state index is 0.137. The van der Waals surface area contributed by atoms with Crippen LogP contribution in [-0.4, -0.2) is 86.3 Å². The molecule has 0 radical (unpaired) electrons. The van der Waals surface area contributed by atoms with Crippen molar-refractivity contribution in [2.24, 2.45) is 0 Å². The summed E-state index contributed by atoms with van der Waals surface area (Å²) in [4.78, 5) is 16.7. The number of likely N-dealkylation sites (tertiary alicyclic amines) is 2. The maximum absolute atomic E-state index is 11.9. The Bertz CT molecular complexity index is 376. The Balaban J connectivity index is 0.00000176. The zero-order valence-corrected chi connectivity index (χ0v) is 18.4. The highest BCUT2D eigenvalue weighted by Crippen LogP contribution is 2.21. The number of nitrogens with zero attached hydrogens (tertiary/aromatic N) is 2. The van der Waals surface area contributed by atoms with Crippen molar-refractivity contribution in [2.45, 2.75) is 78.6 Å². The zero-order chi connectivity index (χ0) is 20.1. The molecule has 6 nitrogen and oxygen atoms in total. The second kappa shape index (κ2) is 14.3. The van der Waals surface area contributed by atoms with Gasteiger partial charge in [-0.2, -0.15) is 0 Å². The van der Waals surface area contributed by atoms with Crippen LogP contribution in [0.2, 0.25) is 0 Å². The predicted octanol–water partition coefficient (Wildman–Crippen LogP) is 2.09. The maximum atomic E-state index is 11.9. The van der Waals surface area contributed by atoms with Gasteiger partial charge in [0.1, 0.15) is 0 Å². The molecule has 2 aliphatic rings. The van der Waals surface area contributed by atoms with Crippen molar-refractivity contribution in [2.75, 3.05) is 52.4 Å². The summed E-state index contributed by atoms with van der Waals surface area (Å²) < 4.78 is 6.34. The number of hydrogen-bond donors (Lipinski definition) is 2. The highest BCUT2D eigenvalue weighted by molar-refractivity contribution is 5.78. The standard InChI is InChI=1S/C19H38N4O2.C2H6/c1-4-20-9-10-21-19(24)15-22-11-5-17(6-12-22)25-18-7-13-23(14-8-18)16(2)3;1-2/h16-18,20H,4-15H2,1-3H3,(H,21,24);1-2H3. The van der Waals surface area contributed by atoms with Crippen LogP contribution in [0, 0.1) is 0 Å². The van der Waals surface area contributed by atoms with Gasteiger partial charge in [0, 0.05) is 45.3 Å². The highest BCUT2D eigenvalue weighted by Gasteiger charge is 2.27. The number of hydrogen-bond acceptors (Lipinski definition) is 5. The molecule has 2 aliphatic heterocycles. The Kier molecular flexibility index (Phi) is 12.9. The van der Waals surface area contributed by atoms with Crippen LogP contribution in [0.5, 0.6) is 0 Å². The molecule has 2 rings (SSSR count). The van der Waals surface area contributed by atoms with Crippen LogP contribution in [0.1, 0.15) is 60.3 Å². The van der Waals surface area contributed by atoms with Gasteiger partial charge in [-0.25, -0.2) is 0 Å². The summed E-state index contributed by atoms with van der Waals surface area (Å²) in [7, 11) is 0. The molecule has 0 bridgehead atoms. The van der Waals surface area contributed by atoms with Crippen LogP contribution in [0.25, 0.3) is 0 Å². The van der Waals surface area contributed by atoms with Crippen LogP contribution >= 0.6 is 0 Å². The summed E-state index contributed by atoms with van der Waals surface area (Å²) in [5, 5.41) is 6.19. The number of likely N-dealkylation sites (N-methyl/N-ethyl adjacent to an activating group) is 1. The second-order valence-corrected chi connectivity index (χ2v) is 7.64. The monoisotopic (exact) mass is 384 g/mol. The molecule has 1 amide bonds. The van der Waals surface area contributed by atoms with Gasteiger partial charge in [-0.1, -0.05) is 20.8 Å². The minimum Gasteiger partial charge on any atom is -0.375 e. The molecule has 0 aromatic heterocycles. The lowest BCUT2D eigenvalue weighted by Crippen LogP contribution is -2.46. The summed E-state index contributed by atoms with van der Waals surface area (Å²) in [5.74, 6) is 0.137. The van der Waals surface area contributed by atoms with E-state index in [4.69, 9.17) is 4.74 Å². The fourth-order valence-electron chi connectivity index (χ4n) is 3.73. The Morgan fingerprint density at radius 3 is 2.07 bits per heavy atom.